The number of aromatic nitrogens is 8. The molecule has 0 atom stereocenters. The molecule has 9 nitrogen and oxygen atoms in total. The number of rotatable bonds is 4. The molecule has 1 N–H and O–H groups in total. The third-order valence-corrected chi connectivity index (χ3v) is 3.59. The first-order valence-corrected chi connectivity index (χ1v) is 6.94. The van der Waals surface area contributed by atoms with Gasteiger partial charge < -0.3 is 5.32 Å². The standard InChI is InChI=1S/C11H9N9S/c1-2-4-8(5-3-1)13-10-16-20-9(14-15-11(20)21-10)6-19-7-12-17-18-19/h1-5,7H,6H2,(H,13,16). The van der Waals surface area contributed by atoms with E-state index in [1.807, 2.05) is 30.3 Å². The molecule has 21 heavy (non-hydrogen) atoms. The molecule has 3 aromatic heterocycles. The van der Waals surface area contributed by atoms with Crippen LogP contribution >= 0.6 is 11.3 Å². The largest absolute Gasteiger partial charge is 0.330 e. The minimum atomic E-state index is 0.419. The summed E-state index contributed by atoms with van der Waals surface area (Å²) in [6.45, 7) is 0.419. The second kappa shape index (κ2) is 4.90. The molecule has 0 fully saturated rings. The summed E-state index contributed by atoms with van der Waals surface area (Å²) >= 11 is 1.43. The Bertz CT molecular complexity index is 848. The molecule has 0 radical (unpaired) electrons. The van der Waals surface area contributed by atoms with Crippen molar-refractivity contribution in [3.05, 3.63) is 42.5 Å². The first kappa shape index (κ1) is 11.9. The van der Waals surface area contributed by atoms with Gasteiger partial charge in [-0.05, 0) is 22.6 Å². The normalized spacial score (nSPS) is 11.0. The molecular weight excluding hydrogens is 290 g/mol. The zero-order valence-corrected chi connectivity index (χ0v) is 11.5. The Morgan fingerprint density at radius 1 is 1.14 bits per heavy atom. The highest BCUT2D eigenvalue weighted by molar-refractivity contribution is 7.20. The second-order valence-corrected chi connectivity index (χ2v) is 5.17. The van der Waals surface area contributed by atoms with Crippen molar-refractivity contribution >= 4 is 27.1 Å². The molecule has 0 spiro atoms. The van der Waals surface area contributed by atoms with Crippen LogP contribution in [-0.4, -0.2) is 40.0 Å². The molecule has 0 saturated heterocycles. The molecule has 0 unspecified atom stereocenters. The van der Waals surface area contributed by atoms with Crippen LogP contribution in [-0.2, 0) is 6.54 Å². The quantitative estimate of drug-likeness (QED) is 0.599. The van der Waals surface area contributed by atoms with Crippen molar-refractivity contribution in [3.8, 4) is 0 Å². The van der Waals surface area contributed by atoms with Crippen LogP contribution < -0.4 is 5.32 Å². The number of hydrogen-bond acceptors (Lipinski definition) is 8. The minimum absolute atomic E-state index is 0.419. The van der Waals surface area contributed by atoms with E-state index >= 15 is 0 Å². The van der Waals surface area contributed by atoms with Gasteiger partial charge in [0.25, 0.3) is 0 Å². The summed E-state index contributed by atoms with van der Waals surface area (Å²) in [5.74, 6) is 0.676. The van der Waals surface area contributed by atoms with Crippen molar-refractivity contribution in [1.29, 1.82) is 0 Å². The molecular formula is C11H9N9S. The Balaban J connectivity index is 1.63. The van der Waals surface area contributed by atoms with E-state index in [2.05, 4.69) is 36.1 Å². The highest BCUT2D eigenvalue weighted by atomic mass is 32.1. The molecule has 1 aromatic carbocycles. The Morgan fingerprint density at radius 2 is 2.05 bits per heavy atom. The predicted molar refractivity (Wildman–Crippen MR) is 75.3 cm³/mol. The van der Waals surface area contributed by atoms with Gasteiger partial charge in [-0.2, -0.15) is 4.52 Å². The van der Waals surface area contributed by atoms with Gasteiger partial charge in [-0.3, -0.25) is 0 Å². The van der Waals surface area contributed by atoms with E-state index in [0.29, 0.717) is 12.4 Å². The van der Waals surface area contributed by atoms with Crippen LogP contribution in [0.3, 0.4) is 0 Å². The first-order valence-electron chi connectivity index (χ1n) is 6.12. The molecule has 0 saturated carbocycles. The molecule has 0 amide bonds. The molecule has 0 aliphatic carbocycles. The smallest absolute Gasteiger partial charge is 0.236 e. The number of fused-ring (bicyclic) bond motifs is 1. The number of anilines is 2. The lowest BCUT2D eigenvalue weighted by molar-refractivity contribution is 0.611. The van der Waals surface area contributed by atoms with Crippen molar-refractivity contribution in [3.63, 3.8) is 0 Å². The Labute approximate surface area is 122 Å². The number of nitrogens with zero attached hydrogens (tertiary/aromatic N) is 8. The molecule has 4 rings (SSSR count). The molecule has 104 valence electrons. The number of benzene rings is 1. The van der Waals surface area contributed by atoms with E-state index in [0.717, 1.165) is 15.8 Å². The summed E-state index contributed by atoms with van der Waals surface area (Å²) in [7, 11) is 0. The van der Waals surface area contributed by atoms with E-state index < -0.39 is 0 Å². The van der Waals surface area contributed by atoms with Crippen LogP contribution in [0.2, 0.25) is 0 Å². The van der Waals surface area contributed by atoms with E-state index in [1.165, 1.54) is 17.7 Å². The predicted octanol–water partition coefficient (Wildman–Crippen LogP) is 0.964. The maximum atomic E-state index is 4.47. The molecule has 3 heterocycles. The summed E-state index contributed by atoms with van der Waals surface area (Å²) in [5, 5.41) is 27.6. The maximum Gasteiger partial charge on any atom is 0.236 e. The van der Waals surface area contributed by atoms with Crippen molar-refractivity contribution in [2.24, 2.45) is 0 Å². The zero-order valence-electron chi connectivity index (χ0n) is 10.7. The number of nitrogens with one attached hydrogen (secondary N) is 1. The maximum absolute atomic E-state index is 4.47. The van der Waals surface area contributed by atoms with E-state index in [9.17, 15) is 0 Å². The summed E-state index contributed by atoms with van der Waals surface area (Å²) in [6.07, 6.45) is 1.52. The summed E-state index contributed by atoms with van der Waals surface area (Å²) in [5.41, 5.74) is 0.976. The summed E-state index contributed by atoms with van der Waals surface area (Å²) in [6, 6.07) is 9.85. The fourth-order valence-corrected chi connectivity index (χ4v) is 2.63. The number of para-hydroxylation sites is 1. The average Bonchev–Trinajstić information content (AvgIpc) is 3.20. The molecule has 0 aliphatic rings. The molecule has 0 bridgehead atoms. The van der Waals surface area contributed by atoms with Crippen LogP contribution in [0.5, 0.6) is 0 Å². The SMILES string of the molecule is c1ccc(Nc2nn3c(Cn4cnnn4)nnc3s2)cc1. The minimum Gasteiger partial charge on any atom is -0.330 e. The fraction of sp³-hybridized carbons (Fsp3) is 0.0909. The number of hydrogen-bond donors (Lipinski definition) is 1. The second-order valence-electron chi connectivity index (χ2n) is 4.22. The van der Waals surface area contributed by atoms with Gasteiger partial charge in [0.2, 0.25) is 10.1 Å². The van der Waals surface area contributed by atoms with Crippen LogP contribution in [0.15, 0.2) is 36.7 Å². The van der Waals surface area contributed by atoms with Crippen molar-refractivity contribution in [1.82, 2.24) is 40.0 Å². The molecule has 0 aliphatic heterocycles. The van der Waals surface area contributed by atoms with Crippen molar-refractivity contribution in [2.45, 2.75) is 6.54 Å². The van der Waals surface area contributed by atoms with Gasteiger partial charge in [0, 0.05) is 5.69 Å². The van der Waals surface area contributed by atoms with Gasteiger partial charge >= 0.3 is 0 Å². The Kier molecular flexibility index (Phi) is 2.78. The Hall–Kier alpha value is -2.88. The summed E-state index contributed by atoms with van der Waals surface area (Å²) < 4.78 is 3.26. The molecule has 4 aromatic rings. The Morgan fingerprint density at radius 3 is 2.86 bits per heavy atom. The van der Waals surface area contributed by atoms with Crippen LogP contribution in [0, 0.1) is 0 Å². The average molecular weight is 299 g/mol. The molecule has 10 heteroatoms. The van der Waals surface area contributed by atoms with Gasteiger partial charge in [0.05, 0.1) is 0 Å². The van der Waals surface area contributed by atoms with Gasteiger partial charge in [0.15, 0.2) is 5.82 Å². The first-order chi connectivity index (χ1) is 10.4. The lowest BCUT2D eigenvalue weighted by Gasteiger charge is -2.00. The topological polar surface area (TPSA) is 98.7 Å². The van der Waals surface area contributed by atoms with Crippen LogP contribution in [0.25, 0.3) is 4.96 Å². The lowest BCUT2D eigenvalue weighted by Crippen LogP contribution is -2.06. The van der Waals surface area contributed by atoms with Gasteiger partial charge in [-0.15, -0.1) is 20.4 Å². The van der Waals surface area contributed by atoms with Gasteiger partial charge in [-0.1, -0.05) is 29.5 Å². The lowest BCUT2D eigenvalue weighted by atomic mass is 10.3. The highest BCUT2D eigenvalue weighted by Gasteiger charge is 2.12. The van der Waals surface area contributed by atoms with Gasteiger partial charge in [-0.25, -0.2) is 4.68 Å². The zero-order chi connectivity index (χ0) is 14.1. The fourth-order valence-electron chi connectivity index (χ4n) is 1.85. The summed E-state index contributed by atoms with van der Waals surface area (Å²) in [4.78, 5) is 0.719. The number of tetrazole rings is 1. The monoisotopic (exact) mass is 299 g/mol. The van der Waals surface area contributed by atoms with E-state index in [1.54, 1.807) is 9.20 Å². The third-order valence-electron chi connectivity index (χ3n) is 2.78. The van der Waals surface area contributed by atoms with Crippen LogP contribution in [0.1, 0.15) is 5.82 Å². The van der Waals surface area contributed by atoms with Crippen LogP contribution in [0.4, 0.5) is 10.8 Å². The third kappa shape index (κ3) is 2.31. The highest BCUT2D eigenvalue weighted by Crippen LogP contribution is 2.22. The van der Waals surface area contributed by atoms with Crippen molar-refractivity contribution in [2.75, 3.05) is 5.32 Å². The van der Waals surface area contributed by atoms with Crippen molar-refractivity contribution < 1.29 is 0 Å². The van der Waals surface area contributed by atoms with E-state index in [-0.39, 0.29) is 0 Å². The van der Waals surface area contributed by atoms with Gasteiger partial charge in [0.1, 0.15) is 12.9 Å². The van der Waals surface area contributed by atoms with E-state index in [4.69, 9.17) is 0 Å².